The lowest BCUT2D eigenvalue weighted by Crippen LogP contribution is -2.27. The first-order chi connectivity index (χ1) is 6.24. The lowest BCUT2D eigenvalue weighted by Gasteiger charge is -2.01. The van der Waals surface area contributed by atoms with Crippen molar-refractivity contribution in [3.63, 3.8) is 0 Å². The largest absolute Gasteiger partial charge is 0.350 e. The van der Waals surface area contributed by atoms with Crippen molar-refractivity contribution in [1.82, 2.24) is 10.3 Å². The number of hydrogen-bond donors (Lipinski definition) is 2. The maximum atomic E-state index is 11.2. The van der Waals surface area contributed by atoms with Gasteiger partial charge in [0.1, 0.15) is 5.69 Å². The number of nitrogens with one attached hydrogen (secondary N) is 2. The molecule has 0 aliphatic carbocycles. The molecule has 1 aromatic heterocycles. The summed E-state index contributed by atoms with van der Waals surface area (Å²) in [5.74, 6) is 0.0290. The van der Waals surface area contributed by atoms with Crippen LogP contribution in [0.3, 0.4) is 0 Å². The number of alkyl halides is 1. The summed E-state index contributed by atoms with van der Waals surface area (Å²) in [7, 11) is 0. The lowest BCUT2D eigenvalue weighted by atomic mass is 10.3. The Morgan fingerprint density at radius 2 is 2.31 bits per heavy atom. The predicted molar refractivity (Wildman–Crippen MR) is 50.1 cm³/mol. The normalized spacial score (nSPS) is 9.62. The van der Waals surface area contributed by atoms with E-state index in [4.69, 9.17) is 11.6 Å². The number of H-pyrrole nitrogens is 1. The molecular formula is C8H9ClN2O2. The summed E-state index contributed by atoms with van der Waals surface area (Å²) < 4.78 is 0. The van der Waals surface area contributed by atoms with Gasteiger partial charge in [0.2, 0.25) is 5.56 Å². The Morgan fingerprint density at radius 3 is 2.92 bits per heavy atom. The molecule has 1 amide bonds. The molecule has 1 heterocycles. The second-order valence-corrected chi connectivity index (χ2v) is 2.75. The highest BCUT2D eigenvalue weighted by Gasteiger charge is 2.03. The van der Waals surface area contributed by atoms with Crippen LogP contribution < -0.4 is 10.9 Å². The van der Waals surface area contributed by atoms with Gasteiger partial charge in [0.25, 0.3) is 5.91 Å². The van der Waals surface area contributed by atoms with E-state index in [-0.39, 0.29) is 17.2 Å². The van der Waals surface area contributed by atoms with Gasteiger partial charge in [-0.05, 0) is 6.07 Å². The molecule has 0 bridgehead atoms. The van der Waals surface area contributed by atoms with Gasteiger partial charge in [-0.25, -0.2) is 0 Å². The third-order valence-corrected chi connectivity index (χ3v) is 1.58. The summed E-state index contributed by atoms with van der Waals surface area (Å²) in [6, 6.07) is 4.40. The fourth-order valence-electron chi connectivity index (χ4n) is 0.836. The Hall–Kier alpha value is -1.29. The molecule has 0 aliphatic heterocycles. The Kier molecular flexibility index (Phi) is 3.52. The lowest BCUT2D eigenvalue weighted by molar-refractivity contribution is 0.0951. The van der Waals surface area contributed by atoms with Crippen molar-refractivity contribution >= 4 is 17.5 Å². The predicted octanol–water partition coefficient (Wildman–Crippen LogP) is 0.343. The average Bonchev–Trinajstić information content (AvgIpc) is 2.14. The molecule has 13 heavy (non-hydrogen) atoms. The van der Waals surface area contributed by atoms with Crippen molar-refractivity contribution in [1.29, 1.82) is 0 Å². The highest BCUT2D eigenvalue weighted by Crippen LogP contribution is 1.89. The molecule has 0 radical (unpaired) electrons. The van der Waals surface area contributed by atoms with Gasteiger partial charge in [-0.3, -0.25) is 9.59 Å². The molecule has 5 heteroatoms. The Balaban J connectivity index is 2.71. The molecule has 0 unspecified atom stereocenters. The smallest absolute Gasteiger partial charge is 0.267 e. The topological polar surface area (TPSA) is 62.0 Å². The number of aromatic amines is 1. The van der Waals surface area contributed by atoms with E-state index in [0.29, 0.717) is 12.4 Å². The Bertz CT molecular complexity index is 348. The zero-order valence-electron chi connectivity index (χ0n) is 6.84. The van der Waals surface area contributed by atoms with Crippen LogP contribution in [0.5, 0.6) is 0 Å². The maximum Gasteiger partial charge on any atom is 0.267 e. The van der Waals surface area contributed by atoms with Crippen LogP contribution in [-0.2, 0) is 0 Å². The first-order valence-corrected chi connectivity index (χ1v) is 4.31. The number of aromatic nitrogens is 1. The number of pyridine rings is 1. The summed E-state index contributed by atoms with van der Waals surface area (Å²) in [6.45, 7) is 0.386. The second-order valence-electron chi connectivity index (χ2n) is 2.37. The van der Waals surface area contributed by atoms with Crippen LogP contribution in [0.4, 0.5) is 0 Å². The molecule has 0 saturated heterocycles. The minimum atomic E-state index is -0.321. The summed E-state index contributed by atoms with van der Waals surface area (Å²) in [5.41, 5.74) is -0.0452. The van der Waals surface area contributed by atoms with Crippen LogP contribution >= 0.6 is 11.6 Å². The molecular weight excluding hydrogens is 192 g/mol. The number of amides is 1. The molecule has 1 rings (SSSR count). The fraction of sp³-hybridized carbons (Fsp3) is 0.250. The van der Waals surface area contributed by atoms with Crippen molar-refractivity contribution in [2.24, 2.45) is 0 Å². The van der Waals surface area contributed by atoms with E-state index in [0.717, 1.165) is 0 Å². The summed E-state index contributed by atoms with van der Waals surface area (Å²) >= 11 is 5.38. The summed E-state index contributed by atoms with van der Waals surface area (Å²) in [4.78, 5) is 24.4. The monoisotopic (exact) mass is 200 g/mol. The molecule has 70 valence electrons. The van der Waals surface area contributed by atoms with E-state index in [9.17, 15) is 9.59 Å². The number of carbonyl (C=O) groups excluding carboxylic acids is 1. The number of rotatable bonds is 3. The van der Waals surface area contributed by atoms with Gasteiger partial charge in [-0.1, -0.05) is 6.07 Å². The molecule has 0 spiro atoms. The standard InChI is InChI=1S/C8H9ClN2O2/c9-4-5-10-8(13)6-2-1-3-7(12)11-6/h1-3H,4-5H2,(H,10,13)(H,11,12). The molecule has 4 nitrogen and oxygen atoms in total. The highest BCUT2D eigenvalue weighted by atomic mass is 35.5. The van der Waals surface area contributed by atoms with Crippen molar-refractivity contribution in [3.05, 3.63) is 34.2 Å². The third-order valence-electron chi connectivity index (χ3n) is 1.39. The van der Waals surface area contributed by atoms with Crippen molar-refractivity contribution < 1.29 is 4.79 Å². The van der Waals surface area contributed by atoms with Gasteiger partial charge in [-0.2, -0.15) is 0 Å². The molecule has 1 aromatic rings. The summed E-state index contributed by atoms with van der Waals surface area (Å²) in [5, 5.41) is 2.53. The number of halogens is 1. The molecule has 0 fully saturated rings. The Labute approximate surface area is 79.9 Å². The first kappa shape index (κ1) is 9.80. The molecule has 0 saturated carbocycles. The van der Waals surface area contributed by atoms with Gasteiger partial charge in [0, 0.05) is 18.5 Å². The zero-order valence-corrected chi connectivity index (χ0v) is 7.60. The Morgan fingerprint density at radius 1 is 1.54 bits per heavy atom. The molecule has 0 atom stereocenters. The highest BCUT2D eigenvalue weighted by molar-refractivity contribution is 6.18. The minimum Gasteiger partial charge on any atom is -0.350 e. The SMILES string of the molecule is O=C(NCCCl)c1cccc(=O)[nH]1. The fourth-order valence-corrected chi connectivity index (χ4v) is 0.931. The van der Waals surface area contributed by atoms with E-state index in [1.807, 2.05) is 0 Å². The molecule has 0 aliphatic rings. The van der Waals surface area contributed by atoms with Gasteiger partial charge in [-0.15, -0.1) is 11.6 Å². The minimum absolute atomic E-state index is 0.248. The zero-order chi connectivity index (χ0) is 9.68. The van der Waals surface area contributed by atoms with Crippen molar-refractivity contribution in [2.75, 3.05) is 12.4 Å². The van der Waals surface area contributed by atoms with Crippen LogP contribution in [0.15, 0.2) is 23.0 Å². The van der Waals surface area contributed by atoms with Gasteiger partial charge >= 0.3 is 0 Å². The van der Waals surface area contributed by atoms with Crippen LogP contribution in [0.2, 0.25) is 0 Å². The number of carbonyl (C=O) groups is 1. The van der Waals surface area contributed by atoms with Crippen molar-refractivity contribution in [2.45, 2.75) is 0 Å². The van der Waals surface area contributed by atoms with Gasteiger partial charge in [0.15, 0.2) is 0 Å². The van der Waals surface area contributed by atoms with E-state index < -0.39 is 0 Å². The van der Waals surface area contributed by atoms with Crippen LogP contribution in [0, 0.1) is 0 Å². The third kappa shape index (κ3) is 2.91. The maximum absolute atomic E-state index is 11.2. The molecule has 0 aromatic carbocycles. The van der Waals surface area contributed by atoms with Gasteiger partial charge < -0.3 is 10.3 Å². The average molecular weight is 201 g/mol. The van der Waals surface area contributed by atoms with Crippen LogP contribution in [0.1, 0.15) is 10.5 Å². The second kappa shape index (κ2) is 4.67. The number of hydrogen-bond acceptors (Lipinski definition) is 2. The van der Waals surface area contributed by atoms with E-state index in [1.165, 1.54) is 18.2 Å². The van der Waals surface area contributed by atoms with Crippen molar-refractivity contribution in [3.8, 4) is 0 Å². The summed E-state index contributed by atoms with van der Waals surface area (Å²) in [6.07, 6.45) is 0. The van der Waals surface area contributed by atoms with E-state index in [2.05, 4.69) is 10.3 Å². The molecule has 2 N–H and O–H groups in total. The quantitative estimate of drug-likeness (QED) is 0.692. The van der Waals surface area contributed by atoms with Gasteiger partial charge in [0.05, 0.1) is 0 Å². The van der Waals surface area contributed by atoms with E-state index in [1.54, 1.807) is 0 Å². The first-order valence-electron chi connectivity index (χ1n) is 3.77. The van der Waals surface area contributed by atoms with Crippen LogP contribution in [-0.4, -0.2) is 23.3 Å². The van der Waals surface area contributed by atoms with E-state index >= 15 is 0 Å². The van der Waals surface area contributed by atoms with Crippen LogP contribution in [0.25, 0.3) is 0 Å².